The van der Waals surface area contributed by atoms with Crippen molar-refractivity contribution in [3.63, 3.8) is 0 Å². The normalized spacial score (nSPS) is 24.8. The molecule has 1 aromatic rings. The summed E-state index contributed by atoms with van der Waals surface area (Å²) in [4.78, 5) is 9.41. The minimum Gasteiger partial charge on any atom is -0.489 e. The van der Waals surface area contributed by atoms with E-state index in [1.807, 2.05) is 40.0 Å². The minimum absolute atomic E-state index is 0.203. The van der Waals surface area contributed by atoms with E-state index in [0.717, 1.165) is 36.5 Å². The third-order valence-corrected chi connectivity index (χ3v) is 4.09. The van der Waals surface area contributed by atoms with Gasteiger partial charge in [0.2, 0.25) is 0 Å². The molecule has 1 aromatic heterocycles. The molecule has 0 bridgehead atoms. The molecule has 0 saturated carbocycles. The number of rotatable bonds is 3. The molecule has 0 aliphatic carbocycles. The summed E-state index contributed by atoms with van der Waals surface area (Å²) < 4.78 is 5.63. The number of hydrogen-bond acceptors (Lipinski definition) is 4. The summed E-state index contributed by atoms with van der Waals surface area (Å²) in [6, 6.07) is 4.12. The van der Waals surface area contributed by atoms with Crippen LogP contribution in [0.25, 0.3) is 0 Å². The first-order chi connectivity index (χ1) is 10.1. The van der Waals surface area contributed by atoms with Gasteiger partial charge in [0.1, 0.15) is 11.6 Å². The van der Waals surface area contributed by atoms with Crippen LogP contribution in [-0.2, 0) is 0 Å². The van der Waals surface area contributed by atoms with Crippen molar-refractivity contribution in [2.24, 2.45) is 11.8 Å². The van der Waals surface area contributed by atoms with E-state index in [2.05, 4.69) is 27.9 Å². The lowest BCUT2D eigenvalue weighted by Gasteiger charge is -2.20. The lowest BCUT2D eigenvalue weighted by Crippen LogP contribution is -2.27. The lowest BCUT2D eigenvalue weighted by molar-refractivity contribution is 0.241. The Bertz CT molecular complexity index is 418. The second kappa shape index (κ2) is 7.12. The fourth-order valence-corrected chi connectivity index (χ4v) is 3.32. The van der Waals surface area contributed by atoms with E-state index in [4.69, 9.17) is 4.74 Å². The van der Waals surface area contributed by atoms with Crippen molar-refractivity contribution in [2.45, 2.75) is 33.8 Å². The molecule has 21 heavy (non-hydrogen) atoms. The van der Waals surface area contributed by atoms with Gasteiger partial charge in [-0.15, -0.1) is 0 Å². The Morgan fingerprint density at radius 3 is 2.19 bits per heavy atom. The lowest BCUT2D eigenvalue weighted by atomic mass is 10.0. The molecule has 3 heterocycles. The standard InChI is InChI=1S/C15H23N3O.C2H6/c1-11(2)19-14-4-5-15(16-6-14)18-9-12-7-17(3)8-13(12)10-18;1-2/h4-6,11-13H,7-10H2,1-3H3;1-2H3/t12-,13+;. The van der Waals surface area contributed by atoms with Gasteiger partial charge in [0.15, 0.2) is 0 Å². The number of ether oxygens (including phenoxy) is 1. The first kappa shape index (κ1) is 16.1. The largest absolute Gasteiger partial charge is 0.489 e. The second-order valence-corrected chi connectivity index (χ2v) is 6.17. The summed E-state index contributed by atoms with van der Waals surface area (Å²) in [5.41, 5.74) is 0. The predicted octanol–water partition coefficient (Wildman–Crippen LogP) is 2.89. The summed E-state index contributed by atoms with van der Waals surface area (Å²) in [5.74, 6) is 3.59. The summed E-state index contributed by atoms with van der Waals surface area (Å²) in [6.07, 6.45) is 2.05. The molecule has 4 heteroatoms. The molecule has 118 valence electrons. The third-order valence-electron chi connectivity index (χ3n) is 4.09. The molecule has 2 fully saturated rings. The highest BCUT2D eigenvalue weighted by Crippen LogP contribution is 2.32. The summed E-state index contributed by atoms with van der Waals surface area (Å²) in [6.45, 7) is 12.8. The number of anilines is 1. The van der Waals surface area contributed by atoms with Crippen LogP contribution in [-0.4, -0.2) is 49.2 Å². The molecular weight excluding hydrogens is 262 g/mol. The van der Waals surface area contributed by atoms with Crippen LogP contribution in [0.4, 0.5) is 5.82 Å². The van der Waals surface area contributed by atoms with E-state index in [1.165, 1.54) is 13.1 Å². The molecule has 2 saturated heterocycles. The highest BCUT2D eigenvalue weighted by atomic mass is 16.5. The minimum atomic E-state index is 0.203. The molecule has 4 nitrogen and oxygen atoms in total. The average Bonchev–Trinajstić information content (AvgIpc) is 2.98. The Kier molecular flexibility index (Phi) is 5.45. The first-order valence-corrected chi connectivity index (χ1v) is 8.18. The molecule has 0 radical (unpaired) electrons. The van der Waals surface area contributed by atoms with Crippen molar-refractivity contribution in [3.8, 4) is 5.75 Å². The highest BCUT2D eigenvalue weighted by molar-refractivity contribution is 5.42. The maximum absolute atomic E-state index is 5.63. The fraction of sp³-hybridized carbons (Fsp3) is 0.706. The molecule has 3 rings (SSSR count). The Morgan fingerprint density at radius 1 is 1.10 bits per heavy atom. The summed E-state index contributed by atoms with van der Waals surface area (Å²) >= 11 is 0. The SMILES string of the molecule is CC.CC(C)Oc1ccc(N2C[C@H]3CN(C)C[C@H]3C2)nc1. The molecule has 2 atom stereocenters. The van der Waals surface area contributed by atoms with Crippen LogP contribution < -0.4 is 9.64 Å². The second-order valence-electron chi connectivity index (χ2n) is 6.17. The van der Waals surface area contributed by atoms with Crippen molar-refractivity contribution >= 4 is 5.82 Å². The van der Waals surface area contributed by atoms with Gasteiger partial charge in [-0.3, -0.25) is 0 Å². The molecule has 0 unspecified atom stereocenters. The van der Waals surface area contributed by atoms with E-state index in [1.54, 1.807) is 0 Å². The van der Waals surface area contributed by atoms with Crippen LogP contribution in [0.1, 0.15) is 27.7 Å². The Hall–Kier alpha value is -1.29. The number of nitrogens with zero attached hydrogens (tertiary/aromatic N) is 3. The zero-order valence-electron chi connectivity index (χ0n) is 14.0. The maximum Gasteiger partial charge on any atom is 0.138 e. The van der Waals surface area contributed by atoms with Gasteiger partial charge in [-0.05, 0) is 44.9 Å². The van der Waals surface area contributed by atoms with Crippen LogP contribution >= 0.6 is 0 Å². The third kappa shape index (κ3) is 3.88. The Morgan fingerprint density at radius 2 is 1.71 bits per heavy atom. The fourth-order valence-electron chi connectivity index (χ4n) is 3.32. The number of fused-ring (bicyclic) bond motifs is 1. The monoisotopic (exact) mass is 291 g/mol. The number of hydrogen-bond donors (Lipinski definition) is 0. The van der Waals surface area contributed by atoms with Gasteiger partial charge in [-0.2, -0.15) is 0 Å². The molecule has 0 spiro atoms. The molecule has 0 N–H and O–H groups in total. The van der Waals surface area contributed by atoms with Crippen molar-refractivity contribution in [3.05, 3.63) is 18.3 Å². The van der Waals surface area contributed by atoms with E-state index < -0.39 is 0 Å². The molecule has 0 aromatic carbocycles. The van der Waals surface area contributed by atoms with E-state index in [0.29, 0.717) is 0 Å². The topological polar surface area (TPSA) is 28.6 Å². The van der Waals surface area contributed by atoms with E-state index in [-0.39, 0.29) is 6.10 Å². The average molecular weight is 291 g/mol. The summed E-state index contributed by atoms with van der Waals surface area (Å²) in [7, 11) is 2.22. The van der Waals surface area contributed by atoms with Crippen LogP contribution in [0.2, 0.25) is 0 Å². The Balaban J connectivity index is 0.000000774. The van der Waals surface area contributed by atoms with E-state index >= 15 is 0 Å². The molecule has 0 amide bonds. The van der Waals surface area contributed by atoms with Crippen molar-refractivity contribution in [2.75, 3.05) is 38.1 Å². The number of pyridine rings is 1. The zero-order chi connectivity index (χ0) is 15.4. The van der Waals surface area contributed by atoms with Crippen molar-refractivity contribution in [1.29, 1.82) is 0 Å². The van der Waals surface area contributed by atoms with Crippen LogP contribution in [0.15, 0.2) is 18.3 Å². The van der Waals surface area contributed by atoms with Crippen molar-refractivity contribution < 1.29 is 4.74 Å². The van der Waals surface area contributed by atoms with Crippen LogP contribution in [0, 0.1) is 11.8 Å². The van der Waals surface area contributed by atoms with Gasteiger partial charge in [0, 0.05) is 26.2 Å². The quantitative estimate of drug-likeness (QED) is 0.856. The highest BCUT2D eigenvalue weighted by Gasteiger charge is 2.38. The van der Waals surface area contributed by atoms with Crippen LogP contribution in [0.5, 0.6) is 5.75 Å². The van der Waals surface area contributed by atoms with Gasteiger partial charge in [-0.1, -0.05) is 13.8 Å². The number of likely N-dealkylation sites (tertiary alicyclic amines) is 1. The maximum atomic E-state index is 5.63. The van der Waals surface area contributed by atoms with E-state index in [9.17, 15) is 0 Å². The Labute approximate surface area is 129 Å². The molecular formula is C17H29N3O. The van der Waals surface area contributed by atoms with Gasteiger partial charge >= 0.3 is 0 Å². The molecule has 2 aliphatic rings. The summed E-state index contributed by atoms with van der Waals surface area (Å²) in [5, 5.41) is 0. The molecule has 2 aliphatic heterocycles. The first-order valence-electron chi connectivity index (χ1n) is 8.18. The van der Waals surface area contributed by atoms with Gasteiger partial charge in [0.25, 0.3) is 0 Å². The number of aromatic nitrogens is 1. The predicted molar refractivity (Wildman–Crippen MR) is 88.0 cm³/mol. The van der Waals surface area contributed by atoms with Gasteiger partial charge in [-0.25, -0.2) is 4.98 Å². The zero-order valence-corrected chi connectivity index (χ0v) is 14.0. The smallest absolute Gasteiger partial charge is 0.138 e. The van der Waals surface area contributed by atoms with Gasteiger partial charge in [0.05, 0.1) is 12.3 Å². The van der Waals surface area contributed by atoms with Gasteiger partial charge < -0.3 is 14.5 Å². The van der Waals surface area contributed by atoms with Crippen molar-refractivity contribution in [1.82, 2.24) is 9.88 Å². The van der Waals surface area contributed by atoms with Crippen LogP contribution in [0.3, 0.4) is 0 Å².